The Labute approximate surface area is 222 Å². The maximum Gasteiger partial charge on any atom is 0.187 e. The Bertz CT molecular complexity index is 879. The van der Waals surface area contributed by atoms with Gasteiger partial charge in [-0.2, -0.15) is 0 Å². The SMILES string of the molecule is C.CO[C@@H]1O[C@H](/C=C/P(C)(C)=O)[C@H]2OC(C)(C)O[C@@H]12.CO[C@@H]1O[C@H](CCP(C)(C)=O)[C@H]2OC(C)(C)O[C@@H]12. The van der Waals surface area contributed by atoms with Gasteiger partial charge in [0.25, 0.3) is 0 Å². The number of hydrogen-bond donors (Lipinski definition) is 0. The summed E-state index contributed by atoms with van der Waals surface area (Å²) in [6.07, 6.45) is 1.16. The zero-order valence-corrected chi connectivity index (χ0v) is 25.0. The fraction of sp³-hybridized carbons (Fsp3) is 0.920. The van der Waals surface area contributed by atoms with E-state index in [2.05, 4.69) is 0 Å². The second-order valence-corrected chi connectivity index (χ2v) is 18.2. The minimum Gasteiger partial charge on any atom is -0.353 e. The number of methoxy groups -OCH3 is 2. The van der Waals surface area contributed by atoms with Gasteiger partial charge in [-0.15, -0.1) is 0 Å². The maximum atomic E-state index is 11.8. The molecule has 0 bridgehead atoms. The van der Waals surface area contributed by atoms with Gasteiger partial charge < -0.3 is 47.0 Å². The molecule has 10 nitrogen and oxygen atoms in total. The zero-order valence-electron chi connectivity index (χ0n) is 23.2. The van der Waals surface area contributed by atoms with Crippen LogP contribution in [0.3, 0.4) is 0 Å². The Hall–Kier alpha value is -0.120. The molecule has 0 amide bonds. The summed E-state index contributed by atoms with van der Waals surface area (Å²) in [6.45, 7) is 14.5. The van der Waals surface area contributed by atoms with E-state index in [1.54, 1.807) is 52.8 Å². The molecular formula is C25H48O10P2. The summed E-state index contributed by atoms with van der Waals surface area (Å²) in [5, 5.41) is 0. The third-order valence-electron chi connectivity index (χ3n) is 6.21. The first-order chi connectivity index (χ1) is 16.4. The second-order valence-electron chi connectivity index (χ2n) is 11.5. The quantitative estimate of drug-likeness (QED) is 0.405. The van der Waals surface area contributed by atoms with Gasteiger partial charge in [0.05, 0.1) is 13.2 Å². The van der Waals surface area contributed by atoms with Crippen LogP contribution < -0.4 is 0 Å². The fourth-order valence-corrected chi connectivity index (χ4v) is 6.19. The highest BCUT2D eigenvalue weighted by atomic mass is 31.2. The van der Waals surface area contributed by atoms with Crippen molar-refractivity contribution in [2.45, 2.75) is 102 Å². The summed E-state index contributed by atoms with van der Waals surface area (Å²) in [5.74, 6) is 0.460. The van der Waals surface area contributed by atoms with E-state index in [4.69, 9.17) is 37.9 Å². The van der Waals surface area contributed by atoms with E-state index in [0.29, 0.717) is 12.6 Å². The summed E-state index contributed by atoms with van der Waals surface area (Å²) in [6, 6.07) is 0. The van der Waals surface area contributed by atoms with Gasteiger partial charge in [0.15, 0.2) is 24.2 Å². The van der Waals surface area contributed by atoms with Crippen LogP contribution in [0.1, 0.15) is 41.5 Å². The number of ether oxygens (including phenoxy) is 8. The monoisotopic (exact) mass is 570 g/mol. The molecule has 0 aromatic carbocycles. The highest BCUT2D eigenvalue weighted by molar-refractivity contribution is 7.65. The van der Waals surface area contributed by atoms with Crippen LogP contribution in [0.2, 0.25) is 0 Å². The smallest absolute Gasteiger partial charge is 0.187 e. The molecule has 4 rings (SSSR count). The van der Waals surface area contributed by atoms with Gasteiger partial charge in [0.2, 0.25) is 0 Å². The molecule has 0 aromatic heterocycles. The Balaban J connectivity index is 0.000000253. The molecule has 0 aliphatic carbocycles. The average molecular weight is 571 g/mol. The summed E-state index contributed by atoms with van der Waals surface area (Å²) in [5.41, 5.74) is 0. The lowest BCUT2D eigenvalue weighted by atomic mass is 10.1. The Kier molecular flexibility index (Phi) is 10.9. The molecule has 4 saturated heterocycles. The van der Waals surface area contributed by atoms with Gasteiger partial charge in [-0.05, 0) is 72.7 Å². The molecule has 0 radical (unpaired) electrons. The molecule has 8 atom stereocenters. The Morgan fingerprint density at radius 3 is 1.70 bits per heavy atom. The number of fused-ring (bicyclic) bond motifs is 2. The van der Waals surface area contributed by atoms with Crippen molar-refractivity contribution in [3.05, 3.63) is 11.9 Å². The van der Waals surface area contributed by atoms with E-state index in [9.17, 15) is 9.13 Å². The van der Waals surface area contributed by atoms with Crippen LogP contribution in [0.15, 0.2) is 11.9 Å². The summed E-state index contributed by atoms with van der Waals surface area (Å²) >= 11 is 0. The predicted molar refractivity (Wildman–Crippen MR) is 143 cm³/mol. The molecule has 0 saturated carbocycles. The minimum absolute atomic E-state index is 0. The van der Waals surface area contributed by atoms with Crippen LogP contribution in [0.25, 0.3) is 0 Å². The molecule has 12 heteroatoms. The van der Waals surface area contributed by atoms with E-state index in [1.807, 2.05) is 27.7 Å². The molecule has 0 N–H and O–H groups in total. The Morgan fingerprint density at radius 1 is 0.757 bits per heavy atom. The third-order valence-corrected chi connectivity index (χ3v) is 8.43. The topological polar surface area (TPSA) is 108 Å². The van der Waals surface area contributed by atoms with Crippen molar-refractivity contribution >= 4 is 14.3 Å². The van der Waals surface area contributed by atoms with E-state index < -0.39 is 38.4 Å². The van der Waals surface area contributed by atoms with E-state index in [0.717, 1.165) is 0 Å². The van der Waals surface area contributed by atoms with Crippen LogP contribution in [-0.4, -0.2) is 108 Å². The molecule has 218 valence electrons. The maximum absolute atomic E-state index is 11.8. The number of hydrogen-bond acceptors (Lipinski definition) is 10. The first kappa shape index (κ1) is 33.1. The molecule has 0 spiro atoms. The van der Waals surface area contributed by atoms with Gasteiger partial charge >= 0.3 is 0 Å². The molecule has 0 aromatic rings. The lowest BCUT2D eigenvalue weighted by molar-refractivity contribution is -0.227. The molecule has 4 aliphatic rings. The van der Waals surface area contributed by atoms with E-state index in [-0.39, 0.29) is 44.1 Å². The van der Waals surface area contributed by atoms with E-state index in [1.165, 1.54) is 0 Å². The lowest BCUT2D eigenvalue weighted by Crippen LogP contribution is -2.30. The molecule has 37 heavy (non-hydrogen) atoms. The predicted octanol–water partition coefficient (Wildman–Crippen LogP) is 4.54. The largest absolute Gasteiger partial charge is 0.353 e. The van der Waals surface area contributed by atoms with E-state index >= 15 is 0 Å². The highest BCUT2D eigenvalue weighted by Crippen LogP contribution is 2.44. The van der Waals surface area contributed by atoms with Crippen LogP contribution in [0, 0.1) is 0 Å². The van der Waals surface area contributed by atoms with Crippen molar-refractivity contribution in [2.24, 2.45) is 0 Å². The van der Waals surface area contributed by atoms with Crippen molar-refractivity contribution in [1.29, 1.82) is 0 Å². The number of rotatable bonds is 7. The van der Waals surface area contributed by atoms with Crippen molar-refractivity contribution in [2.75, 3.05) is 47.0 Å². The summed E-state index contributed by atoms with van der Waals surface area (Å²) in [7, 11) is -1.07. The van der Waals surface area contributed by atoms with Crippen molar-refractivity contribution < 1.29 is 47.0 Å². The zero-order chi connectivity index (χ0) is 27.1. The van der Waals surface area contributed by atoms with Crippen molar-refractivity contribution in [1.82, 2.24) is 0 Å². The summed E-state index contributed by atoms with van der Waals surface area (Å²) < 4.78 is 68.7. The average Bonchev–Trinajstić information content (AvgIpc) is 3.40. The van der Waals surface area contributed by atoms with Crippen molar-refractivity contribution in [3.63, 3.8) is 0 Å². The first-order valence-electron chi connectivity index (χ1n) is 12.3. The standard InChI is InChI=1S/C12H23O5P.C12H21O5P.CH4/c2*1-12(2)16-9-8(6-7-18(4,5)13)15-11(14-3)10(9)17-12;/h8-11H,6-7H2,1-5H3;6-11H,1-5H3;1H4/b;7-6+;/t2*8-,9-,10-,11-;/m11./s1. The van der Waals surface area contributed by atoms with Gasteiger partial charge in [-0.1, -0.05) is 7.43 Å². The molecule has 4 fully saturated rings. The van der Waals surface area contributed by atoms with Gasteiger partial charge in [0.1, 0.15) is 37.7 Å². The molecule has 4 aliphatic heterocycles. The molecule has 0 unspecified atom stereocenters. The van der Waals surface area contributed by atoms with Crippen molar-refractivity contribution in [3.8, 4) is 0 Å². The van der Waals surface area contributed by atoms with Crippen LogP contribution in [0.4, 0.5) is 0 Å². The van der Waals surface area contributed by atoms with Crippen LogP contribution in [-0.2, 0) is 47.0 Å². The molecular weight excluding hydrogens is 522 g/mol. The van der Waals surface area contributed by atoms with Crippen LogP contribution in [0.5, 0.6) is 0 Å². The second kappa shape index (κ2) is 12.2. The summed E-state index contributed by atoms with van der Waals surface area (Å²) in [4.78, 5) is 0. The van der Waals surface area contributed by atoms with Gasteiger partial charge in [0, 0.05) is 20.4 Å². The van der Waals surface area contributed by atoms with Gasteiger partial charge in [-0.3, -0.25) is 0 Å². The molecule has 4 heterocycles. The fourth-order valence-electron chi connectivity index (χ4n) is 4.73. The highest BCUT2D eigenvalue weighted by Gasteiger charge is 2.56. The third kappa shape index (κ3) is 8.94. The lowest BCUT2D eigenvalue weighted by Gasteiger charge is -2.23. The Morgan fingerprint density at radius 2 is 1.22 bits per heavy atom. The normalized spacial score (nSPS) is 38.1. The minimum atomic E-state index is -2.21. The van der Waals surface area contributed by atoms with Crippen LogP contribution >= 0.6 is 14.3 Å². The first-order valence-corrected chi connectivity index (χ1v) is 17.8. The van der Waals surface area contributed by atoms with Gasteiger partial charge in [-0.25, -0.2) is 0 Å².